The number of rotatable bonds is 6. The monoisotopic (exact) mass is 309 g/mol. The van der Waals surface area contributed by atoms with Gasteiger partial charge in [-0.25, -0.2) is 4.98 Å². The molecule has 2 aromatic rings. The van der Waals surface area contributed by atoms with Gasteiger partial charge in [0, 0.05) is 31.6 Å². The fourth-order valence-corrected chi connectivity index (χ4v) is 2.30. The smallest absolute Gasteiger partial charge is 0.281 e. The lowest BCUT2D eigenvalue weighted by Crippen LogP contribution is -2.37. The first-order valence-corrected chi connectivity index (χ1v) is 7.16. The first kappa shape index (κ1) is 15.0. The van der Waals surface area contributed by atoms with Gasteiger partial charge in [0.2, 0.25) is 11.8 Å². The largest absolute Gasteiger partial charge is 0.370 e. The Bertz CT molecular complexity index is 708. The molecule has 2 rings (SSSR count). The summed E-state index contributed by atoms with van der Waals surface area (Å²) >= 11 is 1.36. The van der Waals surface area contributed by atoms with E-state index in [2.05, 4.69) is 20.9 Å². The summed E-state index contributed by atoms with van der Waals surface area (Å²) in [5, 5.41) is 9.70. The SMILES string of the molecule is CC(=O)NCCNC(=O)CNc1cnc2sccn2c1=O. The number of hydrogen-bond acceptors (Lipinski definition) is 6. The van der Waals surface area contributed by atoms with Gasteiger partial charge in [0.25, 0.3) is 5.56 Å². The molecule has 0 spiro atoms. The highest BCUT2D eigenvalue weighted by Gasteiger charge is 2.07. The normalized spacial score (nSPS) is 10.3. The van der Waals surface area contributed by atoms with Crippen molar-refractivity contribution in [1.82, 2.24) is 20.0 Å². The fraction of sp³-hybridized carbons (Fsp3) is 0.333. The molecule has 0 saturated heterocycles. The topological polar surface area (TPSA) is 105 Å². The van der Waals surface area contributed by atoms with Crippen LogP contribution in [0.5, 0.6) is 0 Å². The second kappa shape index (κ2) is 6.84. The number of amides is 2. The number of carbonyl (C=O) groups excluding carboxylic acids is 2. The maximum atomic E-state index is 12.0. The number of nitrogens with zero attached hydrogens (tertiary/aromatic N) is 2. The Morgan fingerprint density at radius 2 is 2.10 bits per heavy atom. The van der Waals surface area contributed by atoms with Crippen LogP contribution in [-0.2, 0) is 9.59 Å². The number of carbonyl (C=O) groups is 2. The summed E-state index contributed by atoms with van der Waals surface area (Å²) in [7, 11) is 0. The van der Waals surface area contributed by atoms with Gasteiger partial charge in [-0.15, -0.1) is 11.3 Å². The Balaban J connectivity index is 1.84. The van der Waals surface area contributed by atoms with Gasteiger partial charge in [0.05, 0.1) is 12.7 Å². The average molecular weight is 309 g/mol. The molecule has 0 aromatic carbocycles. The number of aromatic nitrogens is 2. The van der Waals surface area contributed by atoms with Gasteiger partial charge in [0.15, 0.2) is 4.96 Å². The standard InChI is InChI=1S/C12H15N5O3S/c1-8(18)13-2-3-14-10(19)7-15-9-6-16-12-17(11(9)20)4-5-21-12/h4-6,15H,2-3,7H2,1H3,(H,13,18)(H,14,19). The minimum absolute atomic E-state index is 0.0345. The van der Waals surface area contributed by atoms with Gasteiger partial charge in [-0.05, 0) is 0 Å². The molecule has 8 nitrogen and oxygen atoms in total. The molecule has 0 saturated carbocycles. The zero-order chi connectivity index (χ0) is 15.2. The van der Waals surface area contributed by atoms with Crippen LogP contribution >= 0.6 is 11.3 Å². The van der Waals surface area contributed by atoms with Crippen LogP contribution in [0.2, 0.25) is 0 Å². The molecule has 2 amide bonds. The minimum atomic E-state index is -0.268. The summed E-state index contributed by atoms with van der Waals surface area (Å²) in [6, 6.07) is 0. The molecule has 0 atom stereocenters. The fourth-order valence-electron chi connectivity index (χ4n) is 1.62. The molecule has 0 bridgehead atoms. The van der Waals surface area contributed by atoms with Crippen LogP contribution < -0.4 is 21.5 Å². The van der Waals surface area contributed by atoms with E-state index in [1.54, 1.807) is 11.6 Å². The molecule has 0 aliphatic rings. The highest BCUT2D eigenvalue weighted by Crippen LogP contribution is 2.07. The van der Waals surface area contributed by atoms with E-state index in [4.69, 9.17) is 0 Å². The average Bonchev–Trinajstić information content (AvgIpc) is 2.92. The van der Waals surface area contributed by atoms with Crippen LogP contribution in [0.15, 0.2) is 22.6 Å². The molecule has 2 heterocycles. The van der Waals surface area contributed by atoms with Gasteiger partial charge in [-0.2, -0.15) is 0 Å². The Kier molecular flexibility index (Phi) is 4.88. The highest BCUT2D eigenvalue weighted by atomic mass is 32.1. The van der Waals surface area contributed by atoms with Crippen LogP contribution in [0.25, 0.3) is 4.96 Å². The van der Waals surface area contributed by atoms with Crippen molar-refractivity contribution in [2.24, 2.45) is 0 Å². The van der Waals surface area contributed by atoms with Crippen molar-refractivity contribution < 1.29 is 9.59 Å². The first-order valence-electron chi connectivity index (χ1n) is 6.28. The van der Waals surface area contributed by atoms with E-state index in [0.29, 0.717) is 18.1 Å². The molecule has 0 aliphatic heterocycles. The third-order valence-electron chi connectivity index (χ3n) is 2.60. The summed E-state index contributed by atoms with van der Waals surface area (Å²) in [5.41, 5.74) is 0.0233. The van der Waals surface area contributed by atoms with E-state index >= 15 is 0 Å². The predicted molar refractivity (Wildman–Crippen MR) is 79.5 cm³/mol. The van der Waals surface area contributed by atoms with Crippen LogP contribution in [-0.4, -0.2) is 40.8 Å². The van der Waals surface area contributed by atoms with Crippen LogP contribution in [0, 0.1) is 0 Å². The van der Waals surface area contributed by atoms with Gasteiger partial charge in [-0.3, -0.25) is 18.8 Å². The molecule has 0 radical (unpaired) electrons. The molecule has 3 N–H and O–H groups in total. The van der Waals surface area contributed by atoms with E-state index in [0.717, 1.165) is 0 Å². The number of anilines is 1. The number of nitrogens with one attached hydrogen (secondary N) is 3. The van der Waals surface area contributed by atoms with Crippen molar-refractivity contribution in [3.8, 4) is 0 Å². The zero-order valence-corrected chi connectivity index (χ0v) is 12.2. The van der Waals surface area contributed by atoms with Crippen molar-refractivity contribution >= 4 is 33.8 Å². The van der Waals surface area contributed by atoms with Crippen molar-refractivity contribution in [3.63, 3.8) is 0 Å². The van der Waals surface area contributed by atoms with Gasteiger partial charge in [-0.1, -0.05) is 0 Å². The van der Waals surface area contributed by atoms with Gasteiger partial charge in [0.1, 0.15) is 5.69 Å². The molecule has 9 heteroatoms. The molecular weight excluding hydrogens is 294 g/mol. The summed E-state index contributed by atoms with van der Waals surface area (Å²) in [4.78, 5) is 39.0. The predicted octanol–water partition coefficient (Wildman–Crippen LogP) is -0.580. The van der Waals surface area contributed by atoms with Gasteiger partial charge >= 0.3 is 0 Å². The van der Waals surface area contributed by atoms with E-state index < -0.39 is 0 Å². The lowest BCUT2D eigenvalue weighted by molar-refractivity contribution is -0.121. The Hall–Kier alpha value is -2.42. The quantitative estimate of drug-likeness (QED) is 0.619. The van der Waals surface area contributed by atoms with Crippen LogP contribution in [0.3, 0.4) is 0 Å². The van der Waals surface area contributed by atoms with E-state index in [1.807, 2.05) is 0 Å². The van der Waals surface area contributed by atoms with Crippen molar-refractivity contribution in [2.75, 3.05) is 25.0 Å². The third-order valence-corrected chi connectivity index (χ3v) is 3.37. The van der Waals surface area contributed by atoms with E-state index in [1.165, 1.54) is 28.9 Å². The molecule has 21 heavy (non-hydrogen) atoms. The van der Waals surface area contributed by atoms with Gasteiger partial charge < -0.3 is 16.0 Å². The van der Waals surface area contributed by atoms with Crippen molar-refractivity contribution in [2.45, 2.75) is 6.92 Å². The van der Waals surface area contributed by atoms with E-state index in [-0.39, 0.29) is 29.6 Å². The number of fused-ring (bicyclic) bond motifs is 1. The Labute approximate surface area is 124 Å². The molecule has 112 valence electrons. The molecular formula is C12H15N5O3S. The third kappa shape index (κ3) is 4.02. The lowest BCUT2D eigenvalue weighted by atomic mass is 10.4. The second-order valence-electron chi connectivity index (χ2n) is 4.22. The maximum absolute atomic E-state index is 12.0. The lowest BCUT2D eigenvalue weighted by Gasteiger charge is -2.07. The molecule has 0 aliphatic carbocycles. The molecule has 0 unspecified atom stereocenters. The molecule has 0 fully saturated rings. The minimum Gasteiger partial charge on any atom is -0.370 e. The van der Waals surface area contributed by atoms with Crippen LogP contribution in [0.4, 0.5) is 5.69 Å². The molecule has 2 aromatic heterocycles. The first-order chi connectivity index (χ1) is 10.1. The Morgan fingerprint density at radius 3 is 2.86 bits per heavy atom. The number of hydrogen-bond donors (Lipinski definition) is 3. The van der Waals surface area contributed by atoms with Crippen molar-refractivity contribution in [3.05, 3.63) is 28.1 Å². The van der Waals surface area contributed by atoms with Crippen LogP contribution in [0.1, 0.15) is 6.92 Å². The second-order valence-corrected chi connectivity index (χ2v) is 5.09. The summed E-state index contributed by atoms with van der Waals surface area (Å²) < 4.78 is 1.42. The summed E-state index contributed by atoms with van der Waals surface area (Å²) in [6.45, 7) is 2.07. The summed E-state index contributed by atoms with van der Waals surface area (Å²) in [6.07, 6.45) is 3.05. The van der Waals surface area contributed by atoms with Crippen molar-refractivity contribution in [1.29, 1.82) is 0 Å². The Morgan fingerprint density at radius 1 is 1.33 bits per heavy atom. The highest BCUT2D eigenvalue weighted by molar-refractivity contribution is 7.15. The summed E-state index contributed by atoms with van der Waals surface area (Å²) in [5.74, 6) is -0.416. The van der Waals surface area contributed by atoms with E-state index in [9.17, 15) is 14.4 Å². The number of thiazole rings is 1. The maximum Gasteiger partial charge on any atom is 0.281 e. The zero-order valence-electron chi connectivity index (χ0n) is 11.4.